The maximum Gasteiger partial charge on any atom is 0.258 e. The highest BCUT2D eigenvalue weighted by molar-refractivity contribution is 6.34. The molecule has 1 unspecified atom stereocenters. The molecule has 0 radical (unpaired) electrons. The summed E-state index contributed by atoms with van der Waals surface area (Å²) in [6, 6.07) is 9.76. The average Bonchev–Trinajstić information content (AvgIpc) is 3.19. The molecule has 2 aromatic rings. The van der Waals surface area contributed by atoms with Crippen molar-refractivity contribution in [3.63, 3.8) is 0 Å². The molecule has 2 aliphatic heterocycles. The zero-order chi connectivity index (χ0) is 20.9. The monoisotopic (exact) mass is 412 g/mol. The van der Waals surface area contributed by atoms with Gasteiger partial charge in [-0.05, 0) is 56.0 Å². The fraction of sp³-hybridized carbons (Fsp3) is 0.391. The number of benzene rings is 2. The van der Waals surface area contributed by atoms with Gasteiger partial charge in [0.05, 0.1) is 23.3 Å². The summed E-state index contributed by atoms with van der Waals surface area (Å²) < 4.78 is 5.38. The Labute approximate surface area is 176 Å². The predicted molar refractivity (Wildman–Crippen MR) is 112 cm³/mol. The van der Waals surface area contributed by atoms with Crippen molar-refractivity contribution in [3.8, 4) is 5.75 Å². The molecule has 2 amide bonds. The SMILES string of the molecule is COc1cccc2c1C(=O)N(C(C)Cc1cc(Cl)c3c(c1)CN(C(C)C)C3=O)C2. The van der Waals surface area contributed by atoms with Gasteiger partial charge in [-0.15, -0.1) is 0 Å². The molecule has 4 rings (SSSR count). The zero-order valence-electron chi connectivity index (χ0n) is 17.2. The number of hydrogen-bond donors (Lipinski definition) is 0. The maximum absolute atomic E-state index is 13.0. The third-order valence-electron chi connectivity index (χ3n) is 5.88. The van der Waals surface area contributed by atoms with Crippen LogP contribution >= 0.6 is 11.6 Å². The molecule has 6 heteroatoms. The highest BCUT2D eigenvalue weighted by Gasteiger charge is 2.35. The Kier molecular flexibility index (Phi) is 5.03. The van der Waals surface area contributed by atoms with Crippen LogP contribution in [0.15, 0.2) is 30.3 Å². The van der Waals surface area contributed by atoms with E-state index in [1.54, 1.807) is 7.11 Å². The van der Waals surface area contributed by atoms with Crippen molar-refractivity contribution in [2.75, 3.05) is 7.11 Å². The number of amides is 2. The largest absolute Gasteiger partial charge is 0.496 e. The first kappa shape index (κ1) is 19.8. The molecule has 152 valence electrons. The van der Waals surface area contributed by atoms with Crippen LogP contribution in [-0.4, -0.2) is 40.8 Å². The van der Waals surface area contributed by atoms with Gasteiger partial charge in [0.2, 0.25) is 0 Å². The van der Waals surface area contributed by atoms with Gasteiger partial charge in [-0.3, -0.25) is 9.59 Å². The second-order valence-electron chi connectivity index (χ2n) is 8.12. The number of nitrogens with zero attached hydrogens (tertiary/aromatic N) is 2. The van der Waals surface area contributed by atoms with Crippen molar-refractivity contribution in [2.45, 2.75) is 52.4 Å². The van der Waals surface area contributed by atoms with E-state index in [2.05, 4.69) is 6.07 Å². The van der Waals surface area contributed by atoms with Gasteiger partial charge in [-0.1, -0.05) is 29.8 Å². The van der Waals surface area contributed by atoms with E-state index in [0.29, 0.717) is 41.4 Å². The Balaban J connectivity index is 1.56. The van der Waals surface area contributed by atoms with Crippen LogP contribution in [0.1, 0.15) is 58.2 Å². The Hall–Kier alpha value is -2.53. The van der Waals surface area contributed by atoms with Crippen molar-refractivity contribution >= 4 is 23.4 Å². The van der Waals surface area contributed by atoms with E-state index in [9.17, 15) is 9.59 Å². The summed E-state index contributed by atoms with van der Waals surface area (Å²) in [6.07, 6.45) is 0.672. The number of ether oxygens (including phenoxy) is 1. The van der Waals surface area contributed by atoms with Gasteiger partial charge in [-0.25, -0.2) is 0 Å². The Morgan fingerprint density at radius 3 is 2.38 bits per heavy atom. The Morgan fingerprint density at radius 2 is 1.69 bits per heavy atom. The molecule has 0 aromatic heterocycles. The van der Waals surface area contributed by atoms with Gasteiger partial charge >= 0.3 is 0 Å². The zero-order valence-corrected chi connectivity index (χ0v) is 17.9. The lowest BCUT2D eigenvalue weighted by atomic mass is 10.0. The Morgan fingerprint density at radius 1 is 1.00 bits per heavy atom. The van der Waals surface area contributed by atoms with Crippen molar-refractivity contribution < 1.29 is 14.3 Å². The van der Waals surface area contributed by atoms with Gasteiger partial charge in [0.1, 0.15) is 5.75 Å². The van der Waals surface area contributed by atoms with E-state index in [1.165, 1.54) is 0 Å². The first-order valence-electron chi connectivity index (χ1n) is 9.91. The number of fused-ring (bicyclic) bond motifs is 2. The van der Waals surface area contributed by atoms with Gasteiger partial charge in [0.25, 0.3) is 11.8 Å². The van der Waals surface area contributed by atoms with Crippen LogP contribution in [0.5, 0.6) is 5.75 Å². The van der Waals surface area contributed by atoms with Crippen molar-refractivity contribution in [1.82, 2.24) is 9.80 Å². The van der Waals surface area contributed by atoms with Crippen LogP contribution in [-0.2, 0) is 19.5 Å². The Bertz CT molecular complexity index is 1000. The normalized spacial score (nSPS) is 16.5. The molecule has 2 heterocycles. The van der Waals surface area contributed by atoms with E-state index < -0.39 is 0 Å². The topological polar surface area (TPSA) is 49.9 Å². The molecule has 0 saturated carbocycles. The molecule has 0 aliphatic carbocycles. The number of methoxy groups -OCH3 is 1. The lowest BCUT2D eigenvalue weighted by molar-refractivity contribution is 0.0711. The molecule has 5 nitrogen and oxygen atoms in total. The van der Waals surface area contributed by atoms with Gasteiger partial charge < -0.3 is 14.5 Å². The van der Waals surface area contributed by atoms with Crippen LogP contribution in [0.2, 0.25) is 5.02 Å². The summed E-state index contributed by atoms with van der Waals surface area (Å²) in [5, 5.41) is 0.496. The van der Waals surface area contributed by atoms with E-state index in [0.717, 1.165) is 16.7 Å². The first-order valence-corrected chi connectivity index (χ1v) is 10.3. The number of carbonyl (C=O) groups excluding carboxylic acids is 2. The van der Waals surface area contributed by atoms with Crippen molar-refractivity contribution in [2.24, 2.45) is 0 Å². The van der Waals surface area contributed by atoms with Crippen LogP contribution in [0.4, 0.5) is 0 Å². The van der Waals surface area contributed by atoms with Crippen LogP contribution in [0.25, 0.3) is 0 Å². The minimum atomic E-state index is -0.00738. The lowest BCUT2D eigenvalue weighted by Crippen LogP contribution is -2.34. The standard InChI is InChI=1S/C23H25ClN2O3/c1-13(2)25-12-17-9-15(10-18(24)20(17)22(25)27)8-14(3)26-11-16-6-5-7-19(29-4)21(16)23(26)28/h5-7,9-10,13-14H,8,11-12H2,1-4H3. The lowest BCUT2D eigenvalue weighted by Gasteiger charge is -2.24. The molecular weight excluding hydrogens is 388 g/mol. The van der Waals surface area contributed by atoms with Crippen LogP contribution < -0.4 is 4.74 Å². The third-order valence-corrected chi connectivity index (χ3v) is 6.18. The van der Waals surface area contributed by atoms with Gasteiger partial charge in [0.15, 0.2) is 0 Å². The number of rotatable bonds is 5. The van der Waals surface area contributed by atoms with E-state index in [-0.39, 0.29) is 23.9 Å². The summed E-state index contributed by atoms with van der Waals surface area (Å²) >= 11 is 6.48. The molecule has 1 atom stereocenters. The summed E-state index contributed by atoms with van der Waals surface area (Å²) in [7, 11) is 1.59. The fourth-order valence-corrected chi connectivity index (χ4v) is 4.69. The maximum atomic E-state index is 13.0. The molecule has 0 spiro atoms. The minimum absolute atomic E-state index is 0.00151. The van der Waals surface area contributed by atoms with Crippen LogP contribution in [0.3, 0.4) is 0 Å². The minimum Gasteiger partial charge on any atom is -0.496 e. The second kappa shape index (κ2) is 7.38. The summed E-state index contributed by atoms with van der Waals surface area (Å²) in [5.74, 6) is 0.616. The van der Waals surface area contributed by atoms with E-state index in [4.69, 9.17) is 16.3 Å². The summed E-state index contributed by atoms with van der Waals surface area (Å²) in [6.45, 7) is 7.21. The van der Waals surface area contributed by atoms with Gasteiger partial charge in [-0.2, -0.15) is 0 Å². The molecule has 0 N–H and O–H groups in total. The van der Waals surface area contributed by atoms with E-state index in [1.807, 2.05) is 54.8 Å². The predicted octanol–water partition coefficient (Wildman–Crippen LogP) is 4.30. The molecule has 0 fully saturated rings. The summed E-state index contributed by atoms with van der Waals surface area (Å²) in [4.78, 5) is 29.3. The average molecular weight is 413 g/mol. The molecule has 0 bridgehead atoms. The van der Waals surface area contributed by atoms with Crippen LogP contribution in [0, 0.1) is 0 Å². The molecule has 2 aromatic carbocycles. The smallest absolute Gasteiger partial charge is 0.258 e. The van der Waals surface area contributed by atoms with Crippen molar-refractivity contribution in [3.05, 3.63) is 63.2 Å². The number of carbonyl (C=O) groups is 2. The van der Waals surface area contributed by atoms with E-state index >= 15 is 0 Å². The highest BCUT2D eigenvalue weighted by atomic mass is 35.5. The number of halogens is 1. The first-order chi connectivity index (χ1) is 13.8. The molecule has 29 heavy (non-hydrogen) atoms. The fourth-order valence-electron chi connectivity index (χ4n) is 4.35. The highest BCUT2D eigenvalue weighted by Crippen LogP contribution is 2.35. The quantitative estimate of drug-likeness (QED) is 0.735. The second-order valence-corrected chi connectivity index (χ2v) is 8.53. The molecule has 2 aliphatic rings. The number of hydrogen-bond acceptors (Lipinski definition) is 3. The third kappa shape index (κ3) is 3.27. The molecular formula is C23H25ClN2O3. The van der Waals surface area contributed by atoms with Crippen molar-refractivity contribution in [1.29, 1.82) is 0 Å². The molecule has 0 saturated heterocycles. The van der Waals surface area contributed by atoms with Gasteiger partial charge in [0, 0.05) is 25.2 Å². The summed E-state index contributed by atoms with van der Waals surface area (Å²) in [5.41, 5.74) is 4.27.